The zero-order valence-corrected chi connectivity index (χ0v) is 11.8. The van der Waals surface area contributed by atoms with Crippen LogP contribution >= 0.6 is 15.9 Å². The Labute approximate surface area is 118 Å². The summed E-state index contributed by atoms with van der Waals surface area (Å²) >= 11 is 3.37. The van der Waals surface area contributed by atoms with Crippen LogP contribution in [0.3, 0.4) is 0 Å². The van der Waals surface area contributed by atoms with E-state index in [9.17, 15) is 5.11 Å². The molecule has 0 radical (unpaired) electrons. The van der Waals surface area contributed by atoms with Crippen molar-refractivity contribution in [2.45, 2.75) is 0 Å². The number of halogens is 1. The van der Waals surface area contributed by atoms with Gasteiger partial charge in [-0.15, -0.1) is 0 Å². The Morgan fingerprint density at radius 2 is 1.89 bits per heavy atom. The normalized spacial score (nSPS) is 10.8. The second-order valence-corrected chi connectivity index (χ2v) is 5.00. The van der Waals surface area contributed by atoms with Gasteiger partial charge in [-0.05, 0) is 52.3 Å². The number of imidazole rings is 1. The SMILES string of the molecule is COc1ccc(-c2nc3ccc(Br)cn3c2O)cc1. The predicted molar refractivity (Wildman–Crippen MR) is 76.5 cm³/mol. The average molecular weight is 319 g/mol. The van der Waals surface area contributed by atoms with Crippen LogP contribution in [0.2, 0.25) is 0 Å². The van der Waals surface area contributed by atoms with Gasteiger partial charge in [-0.3, -0.25) is 4.40 Å². The highest BCUT2D eigenvalue weighted by Crippen LogP contribution is 2.31. The molecule has 2 aromatic heterocycles. The fourth-order valence-electron chi connectivity index (χ4n) is 1.95. The maximum Gasteiger partial charge on any atom is 0.224 e. The van der Waals surface area contributed by atoms with Gasteiger partial charge >= 0.3 is 0 Å². The van der Waals surface area contributed by atoms with Crippen LogP contribution in [0.5, 0.6) is 11.6 Å². The summed E-state index contributed by atoms with van der Waals surface area (Å²) < 4.78 is 7.64. The first-order valence-electron chi connectivity index (χ1n) is 5.70. The quantitative estimate of drug-likeness (QED) is 0.787. The molecule has 2 heterocycles. The monoisotopic (exact) mass is 318 g/mol. The van der Waals surface area contributed by atoms with Crippen molar-refractivity contribution in [1.29, 1.82) is 0 Å². The summed E-state index contributed by atoms with van der Waals surface area (Å²) in [5.41, 5.74) is 2.10. The Bertz CT molecular complexity index is 735. The van der Waals surface area contributed by atoms with Gasteiger partial charge in [0.05, 0.1) is 7.11 Å². The zero-order chi connectivity index (χ0) is 13.4. The summed E-state index contributed by atoms with van der Waals surface area (Å²) in [4.78, 5) is 4.43. The summed E-state index contributed by atoms with van der Waals surface area (Å²) in [6.45, 7) is 0. The van der Waals surface area contributed by atoms with E-state index in [4.69, 9.17) is 4.74 Å². The van der Waals surface area contributed by atoms with Crippen molar-refractivity contribution in [2.24, 2.45) is 0 Å². The van der Waals surface area contributed by atoms with Crippen molar-refractivity contribution in [1.82, 2.24) is 9.38 Å². The van der Waals surface area contributed by atoms with E-state index in [0.29, 0.717) is 11.3 Å². The number of aromatic hydroxyl groups is 1. The summed E-state index contributed by atoms with van der Waals surface area (Å²) in [5, 5.41) is 10.2. The highest BCUT2D eigenvalue weighted by Gasteiger charge is 2.13. The number of hydrogen-bond acceptors (Lipinski definition) is 3. The lowest BCUT2D eigenvalue weighted by molar-refractivity contribution is 0.415. The molecule has 0 atom stereocenters. The summed E-state index contributed by atoms with van der Waals surface area (Å²) in [7, 11) is 1.62. The highest BCUT2D eigenvalue weighted by atomic mass is 79.9. The molecule has 0 amide bonds. The van der Waals surface area contributed by atoms with Gasteiger partial charge in [-0.2, -0.15) is 0 Å². The molecule has 1 N–H and O–H groups in total. The third-order valence-electron chi connectivity index (χ3n) is 2.92. The van der Waals surface area contributed by atoms with Crippen LogP contribution < -0.4 is 4.74 Å². The van der Waals surface area contributed by atoms with E-state index in [1.165, 1.54) is 0 Å². The first kappa shape index (κ1) is 12.0. The van der Waals surface area contributed by atoms with Gasteiger partial charge in [-0.1, -0.05) is 0 Å². The molecule has 5 heteroatoms. The van der Waals surface area contributed by atoms with E-state index >= 15 is 0 Å². The number of fused-ring (bicyclic) bond motifs is 1. The Morgan fingerprint density at radius 3 is 2.58 bits per heavy atom. The topological polar surface area (TPSA) is 46.8 Å². The molecular formula is C14H11BrN2O2. The Morgan fingerprint density at radius 1 is 1.16 bits per heavy atom. The molecule has 3 aromatic rings. The number of nitrogens with zero attached hydrogens (tertiary/aromatic N) is 2. The molecule has 0 unspecified atom stereocenters. The Hall–Kier alpha value is -2.01. The molecule has 0 aliphatic rings. The summed E-state index contributed by atoms with van der Waals surface area (Å²) in [5.74, 6) is 0.899. The van der Waals surface area contributed by atoms with E-state index in [1.54, 1.807) is 17.7 Å². The third kappa shape index (κ3) is 2.06. The lowest BCUT2D eigenvalue weighted by Crippen LogP contribution is -1.83. The molecule has 1 aromatic carbocycles. The second-order valence-electron chi connectivity index (χ2n) is 4.09. The molecule has 0 bridgehead atoms. The van der Waals surface area contributed by atoms with Gasteiger partial charge in [0.25, 0.3) is 0 Å². The molecule has 0 aliphatic heterocycles. The fraction of sp³-hybridized carbons (Fsp3) is 0.0714. The number of ether oxygens (including phenoxy) is 1. The maximum absolute atomic E-state index is 10.2. The van der Waals surface area contributed by atoms with Gasteiger partial charge in [0.1, 0.15) is 17.1 Å². The lowest BCUT2D eigenvalue weighted by Gasteiger charge is -2.01. The lowest BCUT2D eigenvalue weighted by atomic mass is 10.1. The first-order valence-corrected chi connectivity index (χ1v) is 6.49. The molecule has 4 nitrogen and oxygen atoms in total. The van der Waals surface area contributed by atoms with Crippen molar-refractivity contribution in [3.8, 4) is 22.9 Å². The van der Waals surface area contributed by atoms with E-state index in [0.717, 1.165) is 15.8 Å². The van der Waals surface area contributed by atoms with Gasteiger partial charge in [0.15, 0.2) is 0 Å². The molecule has 19 heavy (non-hydrogen) atoms. The zero-order valence-electron chi connectivity index (χ0n) is 10.2. The van der Waals surface area contributed by atoms with Crippen molar-refractivity contribution in [3.63, 3.8) is 0 Å². The highest BCUT2D eigenvalue weighted by molar-refractivity contribution is 9.10. The largest absolute Gasteiger partial charge is 0.497 e. The molecule has 0 saturated heterocycles. The number of methoxy groups -OCH3 is 1. The van der Waals surface area contributed by atoms with Gasteiger partial charge < -0.3 is 9.84 Å². The van der Waals surface area contributed by atoms with Gasteiger partial charge in [-0.25, -0.2) is 4.98 Å². The van der Waals surface area contributed by atoms with Crippen molar-refractivity contribution in [2.75, 3.05) is 7.11 Å². The average Bonchev–Trinajstić information content (AvgIpc) is 2.76. The van der Waals surface area contributed by atoms with Gasteiger partial charge in [0, 0.05) is 16.2 Å². The van der Waals surface area contributed by atoms with Crippen LogP contribution in [0.1, 0.15) is 0 Å². The fourth-order valence-corrected chi connectivity index (χ4v) is 2.29. The van der Waals surface area contributed by atoms with Crippen LogP contribution in [0, 0.1) is 0 Å². The number of rotatable bonds is 2. The molecule has 96 valence electrons. The number of pyridine rings is 1. The minimum atomic E-state index is 0.126. The number of hydrogen-bond donors (Lipinski definition) is 1. The van der Waals surface area contributed by atoms with E-state index < -0.39 is 0 Å². The van der Waals surface area contributed by atoms with Crippen LogP contribution in [-0.2, 0) is 0 Å². The molecule has 0 spiro atoms. The van der Waals surface area contributed by atoms with E-state index in [2.05, 4.69) is 20.9 Å². The molecular weight excluding hydrogens is 308 g/mol. The smallest absolute Gasteiger partial charge is 0.224 e. The van der Waals surface area contributed by atoms with Crippen LogP contribution in [0.4, 0.5) is 0 Å². The van der Waals surface area contributed by atoms with E-state index in [-0.39, 0.29) is 5.88 Å². The van der Waals surface area contributed by atoms with Gasteiger partial charge in [0.2, 0.25) is 5.88 Å². The third-order valence-corrected chi connectivity index (χ3v) is 3.39. The van der Waals surface area contributed by atoms with E-state index in [1.807, 2.05) is 36.4 Å². The van der Waals surface area contributed by atoms with Crippen molar-refractivity contribution >= 4 is 21.6 Å². The Kier molecular flexibility index (Phi) is 2.91. The predicted octanol–water partition coefficient (Wildman–Crippen LogP) is 3.48. The first-order chi connectivity index (χ1) is 9.19. The van der Waals surface area contributed by atoms with Crippen molar-refractivity contribution < 1.29 is 9.84 Å². The molecule has 0 fully saturated rings. The minimum Gasteiger partial charge on any atom is -0.497 e. The second kappa shape index (κ2) is 4.59. The maximum atomic E-state index is 10.2. The molecule has 0 aliphatic carbocycles. The van der Waals surface area contributed by atoms with Crippen molar-refractivity contribution in [3.05, 3.63) is 47.1 Å². The molecule has 0 saturated carbocycles. The minimum absolute atomic E-state index is 0.126. The molecule has 3 rings (SSSR count). The van der Waals surface area contributed by atoms with Crippen LogP contribution in [0.15, 0.2) is 47.1 Å². The van der Waals surface area contributed by atoms with Crippen LogP contribution in [-0.4, -0.2) is 21.6 Å². The summed E-state index contributed by atoms with van der Waals surface area (Å²) in [6.07, 6.45) is 1.78. The Balaban J connectivity index is 2.16. The number of benzene rings is 1. The van der Waals surface area contributed by atoms with Crippen LogP contribution in [0.25, 0.3) is 16.9 Å². The summed E-state index contributed by atoms with van der Waals surface area (Å²) in [6, 6.07) is 11.2. The standard InChI is InChI=1S/C14H11BrN2O2/c1-19-11-5-2-9(3-6-11)13-14(18)17-8-10(15)4-7-12(17)16-13/h2-8,18H,1H3. The number of aromatic nitrogens is 2.